The Hall–Kier alpha value is -3.66. The summed E-state index contributed by atoms with van der Waals surface area (Å²) in [6.45, 7) is 0. The molecule has 0 bridgehead atoms. The minimum absolute atomic E-state index is 0.674. The fraction of sp³-hybridized carbons (Fsp3) is 0. The lowest BCUT2D eigenvalue weighted by Crippen LogP contribution is -2.02. The van der Waals surface area contributed by atoms with Crippen LogP contribution in [0.2, 0.25) is 0 Å². The lowest BCUT2D eigenvalue weighted by atomic mass is 10.0. The Balaban J connectivity index is 1.69. The topological polar surface area (TPSA) is 50.5 Å². The van der Waals surface area contributed by atoms with Crippen LogP contribution in [0.4, 0.5) is 0 Å². The molecule has 0 N–H and O–H groups in total. The largest absolute Gasteiger partial charge is 0.252 e. The molecular weight excluding hydrogens is 320 g/mol. The lowest BCUT2D eigenvalue weighted by Gasteiger charge is -2.05. The first-order valence-corrected chi connectivity index (χ1v) is 8.34. The molecule has 0 atom stereocenters. The highest BCUT2D eigenvalue weighted by atomic mass is 15.2. The van der Waals surface area contributed by atoms with Gasteiger partial charge in [-0.25, -0.2) is 4.98 Å². The number of fused-ring (bicyclic) bond motifs is 1. The molecule has 0 fully saturated rings. The first-order chi connectivity index (χ1) is 12.9. The number of benzene rings is 3. The summed E-state index contributed by atoms with van der Waals surface area (Å²) in [5, 5.41) is 8.72. The van der Waals surface area contributed by atoms with E-state index in [0.717, 1.165) is 27.9 Å². The van der Waals surface area contributed by atoms with Gasteiger partial charge in [-0.05, 0) is 12.1 Å². The van der Waals surface area contributed by atoms with Crippen LogP contribution < -0.4 is 0 Å². The highest BCUT2D eigenvalue weighted by Crippen LogP contribution is 2.11. The third kappa shape index (κ3) is 3.54. The van der Waals surface area contributed by atoms with Crippen LogP contribution in [0.15, 0.2) is 101 Å². The van der Waals surface area contributed by atoms with Gasteiger partial charge < -0.3 is 0 Å². The van der Waals surface area contributed by atoms with Crippen LogP contribution >= 0.6 is 0 Å². The summed E-state index contributed by atoms with van der Waals surface area (Å²) in [7, 11) is 0. The van der Waals surface area contributed by atoms with Gasteiger partial charge in [-0.3, -0.25) is 4.98 Å². The van der Waals surface area contributed by atoms with Gasteiger partial charge in [0, 0.05) is 11.1 Å². The van der Waals surface area contributed by atoms with Gasteiger partial charge in [-0.2, -0.15) is 5.10 Å². The van der Waals surface area contributed by atoms with Crippen LogP contribution in [-0.2, 0) is 0 Å². The molecule has 0 saturated heterocycles. The van der Waals surface area contributed by atoms with Crippen LogP contribution in [0.1, 0.15) is 16.8 Å². The monoisotopic (exact) mass is 336 g/mol. The second kappa shape index (κ2) is 7.49. The molecule has 1 heterocycles. The fourth-order valence-corrected chi connectivity index (χ4v) is 2.65. The van der Waals surface area contributed by atoms with Crippen molar-refractivity contribution in [2.75, 3.05) is 0 Å². The normalized spacial score (nSPS) is 10.9. The fourth-order valence-electron chi connectivity index (χ4n) is 2.65. The van der Waals surface area contributed by atoms with Crippen molar-refractivity contribution in [2.45, 2.75) is 0 Å². The van der Waals surface area contributed by atoms with Gasteiger partial charge in [-0.15, -0.1) is 5.10 Å². The van der Waals surface area contributed by atoms with E-state index >= 15 is 0 Å². The van der Waals surface area contributed by atoms with Crippen molar-refractivity contribution in [3.63, 3.8) is 0 Å². The van der Waals surface area contributed by atoms with Crippen molar-refractivity contribution in [3.05, 3.63) is 108 Å². The van der Waals surface area contributed by atoms with E-state index in [2.05, 4.69) is 20.2 Å². The quantitative estimate of drug-likeness (QED) is 0.407. The van der Waals surface area contributed by atoms with Gasteiger partial charge in [0.25, 0.3) is 0 Å². The van der Waals surface area contributed by atoms with Crippen LogP contribution in [0.5, 0.6) is 0 Å². The maximum absolute atomic E-state index is 4.54. The van der Waals surface area contributed by atoms with E-state index in [1.54, 1.807) is 12.4 Å². The molecule has 0 spiro atoms. The zero-order valence-electron chi connectivity index (χ0n) is 14.0. The standard InChI is InChI=1S/C22H16N4/c1-3-9-17(10-4-1)22(18-11-5-2-6-12-18)26-24-16-19-15-23-20-13-7-8-14-21(20)25-19/h1-16H/b24-16-. The summed E-state index contributed by atoms with van der Waals surface area (Å²) in [6.07, 6.45) is 3.33. The van der Waals surface area contributed by atoms with E-state index in [1.165, 1.54) is 0 Å². The summed E-state index contributed by atoms with van der Waals surface area (Å²) in [4.78, 5) is 8.93. The van der Waals surface area contributed by atoms with Crippen LogP contribution in [0.3, 0.4) is 0 Å². The Morgan fingerprint density at radius 1 is 0.692 bits per heavy atom. The second-order valence-corrected chi connectivity index (χ2v) is 5.71. The molecule has 0 aliphatic carbocycles. The van der Waals surface area contributed by atoms with Gasteiger partial charge in [0.05, 0.1) is 23.4 Å². The van der Waals surface area contributed by atoms with E-state index in [-0.39, 0.29) is 0 Å². The molecule has 4 aromatic rings. The number of nitrogens with zero attached hydrogens (tertiary/aromatic N) is 4. The molecule has 4 rings (SSSR count). The Kier molecular flexibility index (Phi) is 4.56. The van der Waals surface area contributed by atoms with Crippen molar-refractivity contribution in [2.24, 2.45) is 10.2 Å². The highest BCUT2D eigenvalue weighted by molar-refractivity contribution is 6.12. The molecule has 0 aliphatic heterocycles. The Morgan fingerprint density at radius 2 is 1.27 bits per heavy atom. The molecule has 3 aromatic carbocycles. The summed E-state index contributed by atoms with van der Waals surface area (Å²) < 4.78 is 0. The van der Waals surface area contributed by atoms with Crippen molar-refractivity contribution in [1.82, 2.24) is 9.97 Å². The van der Waals surface area contributed by atoms with Crippen LogP contribution in [0.25, 0.3) is 11.0 Å². The van der Waals surface area contributed by atoms with Gasteiger partial charge in [-0.1, -0.05) is 72.8 Å². The SMILES string of the molecule is C(=N/N=C(c1ccccc1)c1ccccc1)/c1cnc2ccccc2n1. The van der Waals surface area contributed by atoms with Crippen molar-refractivity contribution in [1.29, 1.82) is 0 Å². The first-order valence-electron chi connectivity index (χ1n) is 8.34. The van der Waals surface area contributed by atoms with Gasteiger partial charge in [0.15, 0.2) is 0 Å². The van der Waals surface area contributed by atoms with Crippen molar-refractivity contribution < 1.29 is 0 Å². The van der Waals surface area contributed by atoms with E-state index < -0.39 is 0 Å². The molecule has 0 radical (unpaired) electrons. The summed E-state index contributed by atoms with van der Waals surface area (Å²) in [6, 6.07) is 27.8. The smallest absolute Gasteiger partial charge is 0.102 e. The predicted octanol–water partition coefficient (Wildman–Crippen LogP) is 4.50. The van der Waals surface area contributed by atoms with Crippen LogP contribution in [-0.4, -0.2) is 21.9 Å². The average molecular weight is 336 g/mol. The van der Waals surface area contributed by atoms with E-state index in [4.69, 9.17) is 0 Å². The molecule has 4 nitrogen and oxygen atoms in total. The van der Waals surface area contributed by atoms with Crippen LogP contribution in [0, 0.1) is 0 Å². The Morgan fingerprint density at radius 3 is 1.92 bits per heavy atom. The minimum atomic E-state index is 0.674. The van der Waals surface area contributed by atoms with Gasteiger partial charge in [0.1, 0.15) is 11.4 Å². The number of rotatable bonds is 4. The molecular formula is C22H16N4. The highest BCUT2D eigenvalue weighted by Gasteiger charge is 2.05. The Labute approximate surface area is 151 Å². The average Bonchev–Trinajstić information content (AvgIpc) is 2.72. The van der Waals surface area contributed by atoms with Crippen molar-refractivity contribution >= 4 is 23.0 Å². The molecule has 1 aromatic heterocycles. The van der Waals surface area contributed by atoms with E-state index in [1.807, 2.05) is 84.9 Å². The molecule has 26 heavy (non-hydrogen) atoms. The Bertz CT molecular complexity index is 1030. The lowest BCUT2D eigenvalue weighted by molar-refractivity contribution is 1.22. The second-order valence-electron chi connectivity index (χ2n) is 5.71. The maximum Gasteiger partial charge on any atom is 0.102 e. The predicted molar refractivity (Wildman–Crippen MR) is 106 cm³/mol. The molecule has 0 unspecified atom stereocenters. The third-order valence-corrected chi connectivity index (χ3v) is 3.91. The van der Waals surface area contributed by atoms with E-state index in [0.29, 0.717) is 5.69 Å². The number of hydrogen-bond acceptors (Lipinski definition) is 4. The first kappa shape index (κ1) is 15.8. The molecule has 0 amide bonds. The molecule has 4 heteroatoms. The molecule has 124 valence electrons. The number of aromatic nitrogens is 2. The van der Waals surface area contributed by atoms with Crippen molar-refractivity contribution in [3.8, 4) is 0 Å². The summed E-state index contributed by atoms with van der Waals surface area (Å²) in [5.41, 5.74) is 5.22. The summed E-state index contributed by atoms with van der Waals surface area (Å²) in [5.74, 6) is 0. The maximum atomic E-state index is 4.54. The summed E-state index contributed by atoms with van der Waals surface area (Å²) >= 11 is 0. The zero-order valence-corrected chi connectivity index (χ0v) is 14.0. The third-order valence-electron chi connectivity index (χ3n) is 3.91. The molecule has 0 aliphatic rings. The molecule has 0 saturated carbocycles. The van der Waals surface area contributed by atoms with Gasteiger partial charge in [0.2, 0.25) is 0 Å². The van der Waals surface area contributed by atoms with Gasteiger partial charge >= 0.3 is 0 Å². The zero-order chi connectivity index (χ0) is 17.6. The minimum Gasteiger partial charge on any atom is -0.252 e. The van der Waals surface area contributed by atoms with E-state index in [9.17, 15) is 0 Å². The number of hydrogen-bond donors (Lipinski definition) is 0. The number of para-hydroxylation sites is 2.